The Morgan fingerprint density at radius 3 is 2.52 bits per heavy atom. The zero-order valence-electron chi connectivity index (χ0n) is 15.5. The van der Waals surface area contributed by atoms with E-state index in [0.717, 1.165) is 10.1 Å². The van der Waals surface area contributed by atoms with Crippen molar-refractivity contribution in [3.8, 4) is 0 Å². The number of amides is 1. The predicted molar refractivity (Wildman–Crippen MR) is 102 cm³/mol. The Morgan fingerprint density at radius 1 is 1.19 bits per heavy atom. The van der Waals surface area contributed by atoms with Gasteiger partial charge in [-0.2, -0.15) is 8.78 Å². The number of likely N-dealkylation sites (N-methyl/N-ethyl adjacent to an activating group) is 1. The number of anilines is 1. The number of imidazole rings is 1. The van der Waals surface area contributed by atoms with Crippen LogP contribution in [0.4, 0.5) is 14.5 Å². The van der Waals surface area contributed by atoms with Crippen LogP contribution < -0.4 is 5.32 Å². The van der Waals surface area contributed by atoms with Gasteiger partial charge in [0.05, 0.1) is 23.6 Å². The van der Waals surface area contributed by atoms with E-state index in [4.69, 9.17) is 0 Å². The van der Waals surface area contributed by atoms with Crippen LogP contribution in [0.5, 0.6) is 0 Å². The molecule has 0 fully saturated rings. The topological polar surface area (TPSA) is 50.2 Å². The summed E-state index contributed by atoms with van der Waals surface area (Å²) >= 11 is 0. The van der Waals surface area contributed by atoms with E-state index in [1.807, 2.05) is 31.2 Å². The summed E-state index contributed by atoms with van der Waals surface area (Å²) in [6, 6.07) is 13.8. The zero-order valence-corrected chi connectivity index (χ0v) is 15.5. The van der Waals surface area contributed by atoms with Crippen molar-refractivity contribution < 1.29 is 13.6 Å². The summed E-state index contributed by atoms with van der Waals surface area (Å²) in [6.07, 6.45) is 0. The number of rotatable bonds is 6. The molecule has 3 aromatic rings. The van der Waals surface area contributed by atoms with Gasteiger partial charge in [-0.15, -0.1) is 0 Å². The van der Waals surface area contributed by atoms with Crippen LogP contribution >= 0.6 is 0 Å². The highest BCUT2D eigenvalue weighted by Gasteiger charge is 2.25. The maximum absolute atomic E-state index is 13.6. The number of hydrogen-bond donors (Lipinski definition) is 1. The first-order valence-corrected chi connectivity index (χ1v) is 8.68. The molecule has 1 atom stereocenters. The predicted octanol–water partition coefficient (Wildman–Crippen LogP) is 4.37. The number of carbonyl (C=O) groups excluding carboxylic acids is 1. The Balaban J connectivity index is 1.76. The van der Waals surface area contributed by atoms with Gasteiger partial charge >= 0.3 is 6.55 Å². The van der Waals surface area contributed by atoms with Gasteiger partial charge in [-0.05, 0) is 45.2 Å². The maximum Gasteiger partial charge on any atom is 0.320 e. The molecule has 27 heavy (non-hydrogen) atoms. The fourth-order valence-electron chi connectivity index (χ4n) is 2.96. The molecular formula is C20H22F2N4O. The second-order valence-corrected chi connectivity index (χ2v) is 6.61. The quantitative estimate of drug-likeness (QED) is 0.699. The molecule has 0 aliphatic carbocycles. The Morgan fingerprint density at radius 2 is 1.85 bits per heavy atom. The molecule has 1 amide bonds. The van der Waals surface area contributed by atoms with Gasteiger partial charge in [0.2, 0.25) is 5.91 Å². The van der Waals surface area contributed by atoms with Crippen LogP contribution in [0.25, 0.3) is 11.0 Å². The van der Waals surface area contributed by atoms with Crippen LogP contribution in [0.2, 0.25) is 0 Å². The van der Waals surface area contributed by atoms with Gasteiger partial charge in [-0.3, -0.25) is 14.3 Å². The summed E-state index contributed by atoms with van der Waals surface area (Å²) in [5, 5.41) is 2.81. The van der Waals surface area contributed by atoms with Crippen molar-refractivity contribution in [2.24, 2.45) is 0 Å². The first kappa shape index (κ1) is 19.0. The first-order chi connectivity index (χ1) is 12.9. The fraction of sp³-hybridized carbons (Fsp3) is 0.300. The lowest BCUT2D eigenvalue weighted by Gasteiger charge is -2.24. The summed E-state index contributed by atoms with van der Waals surface area (Å²) in [5.74, 6) is 0.0183. The van der Waals surface area contributed by atoms with Gasteiger partial charge < -0.3 is 5.32 Å². The van der Waals surface area contributed by atoms with Crippen molar-refractivity contribution in [1.29, 1.82) is 0 Å². The minimum absolute atomic E-state index is 0.0570. The second kappa shape index (κ2) is 7.84. The molecule has 3 rings (SSSR count). The lowest BCUT2D eigenvalue weighted by Crippen LogP contribution is -2.33. The van der Waals surface area contributed by atoms with E-state index in [9.17, 15) is 13.6 Å². The molecule has 7 heteroatoms. The highest BCUT2D eigenvalue weighted by Crippen LogP contribution is 2.28. The highest BCUT2D eigenvalue weighted by molar-refractivity contribution is 5.92. The number of carbonyl (C=O) groups is 1. The Hall–Kier alpha value is -2.80. The number of para-hydroxylation sites is 2. The molecule has 0 saturated heterocycles. The average Bonchev–Trinajstić information content (AvgIpc) is 3.02. The minimum atomic E-state index is -2.70. The van der Waals surface area contributed by atoms with Crippen LogP contribution in [-0.2, 0) is 4.79 Å². The highest BCUT2D eigenvalue weighted by atomic mass is 19.3. The molecule has 142 valence electrons. The number of aromatic nitrogens is 2. The van der Waals surface area contributed by atoms with Crippen LogP contribution in [0.3, 0.4) is 0 Å². The second-order valence-electron chi connectivity index (χ2n) is 6.61. The molecular weight excluding hydrogens is 350 g/mol. The van der Waals surface area contributed by atoms with E-state index in [0.29, 0.717) is 16.7 Å². The maximum atomic E-state index is 13.6. The molecule has 5 nitrogen and oxygen atoms in total. The van der Waals surface area contributed by atoms with Crippen molar-refractivity contribution in [1.82, 2.24) is 14.5 Å². The number of nitrogens with one attached hydrogen (secondary N) is 1. The number of hydrogen-bond acceptors (Lipinski definition) is 3. The Labute approximate surface area is 156 Å². The van der Waals surface area contributed by atoms with Gasteiger partial charge in [-0.25, -0.2) is 4.98 Å². The molecule has 1 N–H and O–H groups in total. The SMILES string of the molecule is Cc1ccc(NC(=O)CN(C)[C@@H](C)c2nc3ccccc3n2C(F)F)cc1. The van der Waals surface area contributed by atoms with Crippen LogP contribution in [0.15, 0.2) is 48.5 Å². The molecule has 2 aromatic carbocycles. The Bertz CT molecular complexity index is 937. The van der Waals surface area contributed by atoms with Gasteiger partial charge in [0.15, 0.2) is 0 Å². The van der Waals surface area contributed by atoms with E-state index >= 15 is 0 Å². The minimum Gasteiger partial charge on any atom is -0.325 e. The molecule has 0 unspecified atom stereocenters. The van der Waals surface area contributed by atoms with Gasteiger partial charge in [0.25, 0.3) is 0 Å². The summed E-state index contributed by atoms with van der Waals surface area (Å²) in [4.78, 5) is 18.4. The summed E-state index contributed by atoms with van der Waals surface area (Å²) < 4.78 is 28.2. The molecule has 0 bridgehead atoms. The summed E-state index contributed by atoms with van der Waals surface area (Å²) in [7, 11) is 1.72. The molecule has 1 aromatic heterocycles. The number of fused-ring (bicyclic) bond motifs is 1. The van der Waals surface area contributed by atoms with Crippen molar-refractivity contribution in [3.63, 3.8) is 0 Å². The summed E-state index contributed by atoms with van der Waals surface area (Å²) in [6.45, 7) is 1.08. The molecule has 1 heterocycles. The number of aryl methyl sites for hydroxylation is 1. The normalized spacial score (nSPS) is 12.7. The van der Waals surface area contributed by atoms with Gasteiger partial charge in [-0.1, -0.05) is 29.8 Å². The molecule has 0 radical (unpaired) electrons. The third kappa shape index (κ3) is 4.14. The van der Waals surface area contributed by atoms with Crippen LogP contribution in [0, 0.1) is 6.92 Å². The largest absolute Gasteiger partial charge is 0.325 e. The third-order valence-electron chi connectivity index (χ3n) is 4.58. The van der Waals surface area contributed by atoms with Crippen molar-refractivity contribution in [2.45, 2.75) is 26.4 Å². The molecule has 0 aliphatic heterocycles. The number of halogens is 2. The monoisotopic (exact) mass is 372 g/mol. The number of benzene rings is 2. The summed E-state index contributed by atoms with van der Waals surface area (Å²) in [5.41, 5.74) is 2.69. The van der Waals surface area contributed by atoms with Gasteiger partial charge in [0.1, 0.15) is 5.82 Å². The van der Waals surface area contributed by atoms with Gasteiger partial charge in [0, 0.05) is 5.69 Å². The third-order valence-corrected chi connectivity index (χ3v) is 4.58. The first-order valence-electron chi connectivity index (χ1n) is 8.68. The fourth-order valence-corrected chi connectivity index (χ4v) is 2.96. The van der Waals surface area contributed by atoms with Crippen molar-refractivity contribution in [2.75, 3.05) is 18.9 Å². The number of alkyl halides is 2. The Kier molecular flexibility index (Phi) is 5.51. The average molecular weight is 372 g/mol. The van der Waals surface area contributed by atoms with Crippen molar-refractivity contribution in [3.05, 3.63) is 59.9 Å². The molecule has 0 aliphatic rings. The van der Waals surface area contributed by atoms with Crippen LogP contribution in [-0.4, -0.2) is 34.0 Å². The number of nitrogens with zero attached hydrogens (tertiary/aromatic N) is 3. The van der Waals surface area contributed by atoms with Crippen LogP contribution in [0.1, 0.15) is 30.9 Å². The van der Waals surface area contributed by atoms with E-state index in [2.05, 4.69) is 10.3 Å². The molecule has 0 saturated carbocycles. The van der Waals surface area contributed by atoms with E-state index < -0.39 is 12.6 Å². The lowest BCUT2D eigenvalue weighted by atomic mass is 10.2. The smallest absolute Gasteiger partial charge is 0.320 e. The van der Waals surface area contributed by atoms with E-state index in [1.54, 1.807) is 43.1 Å². The van der Waals surface area contributed by atoms with E-state index in [1.165, 1.54) is 0 Å². The van der Waals surface area contributed by atoms with Crippen molar-refractivity contribution >= 4 is 22.6 Å². The lowest BCUT2D eigenvalue weighted by molar-refractivity contribution is -0.117. The molecule has 0 spiro atoms. The zero-order chi connectivity index (χ0) is 19.6. The van der Waals surface area contributed by atoms with E-state index in [-0.39, 0.29) is 18.3 Å². The standard InChI is InChI=1S/C20H22F2N4O/c1-13-8-10-15(11-9-13)23-18(27)12-25(3)14(2)19-24-16-6-4-5-7-17(16)26(19)20(21)22/h4-11,14,20H,12H2,1-3H3,(H,23,27)/t14-/m0/s1.